The predicted molar refractivity (Wildman–Crippen MR) is 187 cm³/mol. The molecule has 250 valence electrons. The number of hydrogen-bond acceptors (Lipinski definition) is 5. The van der Waals surface area contributed by atoms with E-state index in [9.17, 15) is 14.7 Å². The van der Waals surface area contributed by atoms with Gasteiger partial charge in [0.2, 0.25) is 0 Å². The molecule has 0 aromatic heterocycles. The molecule has 0 unspecified atom stereocenters. The van der Waals surface area contributed by atoms with E-state index >= 15 is 0 Å². The Kier molecular flexibility index (Phi) is 13.4. The maximum Gasteiger partial charge on any atom is 0.337 e. The maximum absolute atomic E-state index is 14.3. The van der Waals surface area contributed by atoms with E-state index in [1.807, 2.05) is 76.2 Å². The Balaban J connectivity index is 2.52. The first kappa shape index (κ1) is 38.4. The van der Waals surface area contributed by atoms with E-state index in [0.29, 0.717) is 11.5 Å². The Hall–Kier alpha value is -2.74. The van der Waals surface area contributed by atoms with Crippen LogP contribution >= 0.6 is 0 Å². The number of carbonyl (C=O) groups is 2. The van der Waals surface area contributed by atoms with Crippen LogP contribution < -0.4 is 5.32 Å². The molecule has 1 amide bonds. The normalized spacial score (nSPS) is 17.3. The smallest absolute Gasteiger partial charge is 0.337 e. The second-order valence-corrected chi connectivity index (χ2v) is 19.6. The Labute approximate surface area is 274 Å². The minimum absolute atomic E-state index is 0.128. The van der Waals surface area contributed by atoms with Crippen LogP contribution in [0.2, 0.25) is 18.1 Å². The third kappa shape index (κ3) is 9.63. The zero-order chi connectivity index (χ0) is 34.3. The molecule has 0 saturated heterocycles. The summed E-state index contributed by atoms with van der Waals surface area (Å²) < 4.78 is 13.0. The minimum Gasteiger partial charge on any atom is -0.456 e. The molecular weight excluding hydrogens is 579 g/mol. The van der Waals surface area contributed by atoms with Crippen molar-refractivity contribution in [1.82, 2.24) is 5.32 Å². The first-order chi connectivity index (χ1) is 20.8. The van der Waals surface area contributed by atoms with Crippen LogP contribution in [0, 0.1) is 17.3 Å². The van der Waals surface area contributed by atoms with E-state index in [2.05, 4.69) is 66.9 Å². The third-order valence-electron chi connectivity index (χ3n) is 10.6. The third-order valence-corrected chi connectivity index (χ3v) is 15.0. The van der Waals surface area contributed by atoms with Gasteiger partial charge in [-0.15, -0.1) is 0 Å². The zero-order valence-corrected chi connectivity index (χ0v) is 31.0. The molecule has 2 aromatic rings. The minimum atomic E-state index is -2.52. The fourth-order valence-corrected chi connectivity index (χ4v) is 6.48. The maximum atomic E-state index is 14.3. The summed E-state index contributed by atoms with van der Waals surface area (Å²) in [6, 6.07) is 17.7. The van der Waals surface area contributed by atoms with Crippen LogP contribution in [0.15, 0.2) is 71.8 Å². The van der Waals surface area contributed by atoms with Crippen LogP contribution in [0.1, 0.15) is 105 Å². The second-order valence-electron chi connectivity index (χ2n) is 14.8. The largest absolute Gasteiger partial charge is 0.456 e. The quantitative estimate of drug-likeness (QED) is 0.123. The number of hydrogen-bond donors (Lipinski definition) is 2. The highest BCUT2D eigenvalue weighted by Gasteiger charge is 2.45. The summed E-state index contributed by atoms with van der Waals surface area (Å²) in [6.45, 7) is 27.0. The van der Waals surface area contributed by atoms with Crippen LogP contribution in [-0.2, 0) is 14.0 Å². The molecule has 7 heteroatoms. The van der Waals surface area contributed by atoms with Crippen molar-refractivity contribution in [3.63, 3.8) is 0 Å². The van der Waals surface area contributed by atoms with Gasteiger partial charge in [-0.25, -0.2) is 4.79 Å². The number of aliphatic hydroxyl groups excluding tert-OH is 1. The lowest BCUT2D eigenvalue weighted by Crippen LogP contribution is -2.52. The molecule has 0 heterocycles. The number of rotatable bonds is 14. The van der Waals surface area contributed by atoms with Crippen LogP contribution in [0.4, 0.5) is 0 Å². The fraction of sp³-hybridized carbons (Fsp3) is 0.579. The number of amides is 1. The Morgan fingerprint density at radius 1 is 0.867 bits per heavy atom. The summed E-state index contributed by atoms with van der Waals surface area (Å²) in [7, 11) is -2.52. The van der Waals surface area contributed by atoms with Crippen molar-refractivity contribution in [1.29, 1.82) is 0 Å². The van der Waals surface area contributed by atoms with Gasteiger partial charge in [0.1, 0.15) is 6.10 Å². The summed E-state index contributed by atoms with van der Waals surface area (Å²) in [4.78, 5) is 27.7. The van der Waals surface area contributed by atoms with Crippen LogP contribution in [0.5, 0.6) is 0 Å². The average Bonchev–Trinajstić information content (AvgIpc) is 3.00. The van der Waals surface area contributed by atoms with E-state index < -0.39 is 38.6 Å². The molecule has 0 aliphatic carbocycles. The van der Waals surface area contributed by atoms with Gasteiger partial charge in [-0.05, 0) is 73.5 Å². The molecule has 0 bridgehead atoms. The Bertz CT molecular complexity index is 1280. The summed E-state index contributed by atoms with van der Waals surface area (Å²) in [6.07, 6.45) is -1.23. The molecule has 0 spiro atoms. The number of nitrogens with one attached hydrogen (secondary N) is 1. The molecule has 0 radical (unpaired) electrons. The number of esters is 1. The molecule has 0 saturated carbocycles. The van der Waals surface area contributed by atoms with Gasteiger partial charge in [-0.2, -0.15) is 0 Å². The molecule has 2 aromatic carbocycles. The number of benzene rings is 2. The molecular formula is C38H59NO5Si. The standard InChI is InChI=1S/C38H59NO5Si/c1-14-25(2)38(10,11)34(40)28(5)26(3)27(4)29(6)43-36(42)33(44-45(12,13)37(7,8)9)32(30-21-17-15-18-22-30)39-35(41)31-23-19-16-20-24-31/h15-25,28-29,32-34,40H,14H2,1-13H3,(H,39,41)/b27-26+/t25-,28-,29-,32-,33+,34-/m0/s1. The van der Waals surface area contributed by atoms with Gasteiger partial charge in [0, 0.05) is 11.5 Å². The van der Waals surface area contributed by atoms with Crippen molar-refractivity contribution in [3.05, 3.63) is 82.9 Å². The van der Waals surface area contributed by atoms with Crippen LogP contribution in [0.3, 0.4) is 0 Å². The zero-order valence-electron chi connectivity index (χ0n) is 30.0. The molecule has 0 aliphatic rings. The number of ether oxygens (including phenoxy) is 1. The highest BCUT2D eigenvalue weighted by molar-refractivity contribution is 6.74. The topological polar surface area (TPSA) is 84.9 Å². The lowest BCUT2D eigenvalue weighted by molar-refractivity contribution is -0.157. The van der Waals surface area contributed by atoms with Gasteiger partial charge in [0.25, 0.3) is 5.91 Å². The van der Waals surface area contributed by atoms with E-state index in [1.54, 1.807) is 12.1 Å². The molecule has 2 rings (SSSR count). The SMILES string of the molecule is CC[C@H](C)C(C)(C)[C@@H](O)[C@@H](C)/C(C)=C(\C)[C@H](C)OC(=O)[C@H](O[Si](C)(C)C(C)(C)C)[C@@H](NC(=O)c1ccccc1)c1ccccc1. The summed E-state index contributed by atoms with van der Waals surface area (Å²) in [5.41, 5.74) is 2.86. The summed E-state index contributed by atoms with van der Waals surface area (Å²) >= 11 is 0. The van der Waals surface area contributed by atoms with Crippen LogP contribution in [-0.4, -0.2) is 43.6 Å². The van der Waals surface area contributed by atoms with E-state index in [0.717, 1.165) is 23.1 Å². The van der Waals surface area contributed by atoms with Gasteiger partial charge >= 0.3 is 5.97 Å². The van der Waals surface area contributed by atoms with Gasteiger partial charge < -0.3 is 19.6 Å². The van der Waals surface area contributed by atoms with Crippen molar-refractivity contribution >= 4 is 20.2 Å². The highest BCUT2D eigenvalue weighted by Crippen LogP contribution is 2.40. The highest BCUT2D eigenvalue weighted by atomic mass is 28.4. The van der Waals surface area contributed by atoms with E-state index in [4.69, 9.17) is 9.16 Å². The monoisotopic (exact) mass is 637 g/mol. The molecule has 6 nitrogen and oxygen atoms in total. The molecule has 6 atom stereocenters. The first-order valence-electron chi connectivity index (χ1n) is 16.4. The van der Waals surface area contributed by atoms with Crippen molar-refractivity contribution in [2.45, 2.75) is 125 Å². The molecule has 0 aliphatic heterocycles. The second kappa shape index (κ2) is 15.7. The predicted octanol–water partition coefficient (Wildman–Crippen LogP) is 8.89. The van der Waals surface area contributed by atoms with Gasteiger partial charge in [0.15, 0.2) is 14.4 Å². The van der Waals surface area contributed by atoms with Gasteiger partial charge in [-0.3, -0.25) is 4.79 Å². The van der Waals surface area contributed by atoms with Crippen molar-refractivity contribution in [2.24, 2.45) is 17.3 Å². The molecule has 0 fully saturated rings. The van der Waals surface area contributed by atoms with Crippen molar-refractivity contribution < 1.29 is 23.9 Å². The average molecular weight is 638 g/mol. The lowest BCUT2D eigenvalue weighted by Gasteiger charge is -2.41. The number of carbonyl (C=O) groups excluding carboxylic acids is 2. The lowest BCUT2D eigenvalue weighted by atomic mass is 9.69. The van der Waals surface area contributed by atoms with Crippen molar-refractivity contribution in [2.75, 3.05) is 0 Å². The Morgan fingerprint density at radius 2 is 1.38 bits per heavy atom. The summed E-state index contributed by atoms with van der Waals surface area (Å²) in [5.74, 6) is -0.619. The van der Waals surface area contributed by atoms with E-state index in [-0.39, 0.29) is 22.3 Å². The first-order valence-corrected chi connectivity index (χ1v) is 19.3. The van der Waals surface area contributed by atoms with E-state index in [1.165, 1.54) is 0 Å². The fourth-order valence-electron chi connectivity index (χ4n) is 5.26. The molecule has 45 heavy (non-hydrogen) atoms. The van der Waals surface area contributed by atoms with Crippen LogP contribution in [0.25, 0.3) is 0 Å². The van der Waals surface area contributed by atoms with Crippen molar-refractivity contribution in [3.8, 4) is 0 Å². The summed E-state index contributed by atoms with van der Waals surface area (Å²) in [5, 5.41) is 14.3. The molecule has 2 N–H and O–H groups in total. The van der Waals surface area contributed by atoms with Gasteiger partial charge in [-0.1, -0.05) is 116 Å². The van der Waals surface area contributed by atoms with Gasteiger partial charge in [0.05, 0.1) is 12.1 Å². The number of aliphatic hydroxyl groups is 1. The Morgan fingerprint density at radius 3 is 1.87 bits per heavy atom.